The summed E-state index contributed by atoms with van der Waals surface area (Å²) < 4.78 is 10.8. The number of nitrogens with two attached hydrogens (primary N) is 2. The van der Waals surface area contributed by atoms with Crippen molar-refractivity contribution in [3.63, 3.8) is 0 Å². The lowest BCUT2D eigenvalue weighted by Gasteiger charge is -2.20. The third-order valence-corrected chi connectivity index (χ3v) is 4.82. The Kier molecular flexibility index (Phi) is 9.93. The zero-order chi connectivity index (χ0) is 26.0. The van der Waals surface area contributed by atoms with E-state index in [-0.39, 0.29) is 22.9 Å². The van der Waals surface area contributed by atoms with Gasteiger partial charge >= 0.3 is 12.1 Å². The predicted molar refractivity (Wildman–Crippen MR) is 139 cm³/mol. The van der Waals surface area contributed by atoms with Crippen LogP contribution in [-0.2, 0) is 9.53 Å². The van der Waals surface area contributed by atoms with Gasteiger partial charge in [0.2, 0.25) is 5.91 Å². The van der Waals surface area contributed by atoms with Crippen LogP contribution < -0.4 is 26.8 Å². The van der Waals surface area contributed by atoms with Gasteiger partial charge in [0.05, 0.1) is 11.3 Å². The summed E-state index contributed by atoms with van der Waals surface area (Å²) in [6.07, 6.45) is 4.86. The summed E-state index contributed by atoms with van der Waals surface area (Å²) in [6.45, 7) is 7.33. The number of hydrogen-bond donors (Lipinski definition) is 4. The van der Waals surface area contributed by atoms with Crippen molar-refractivity contribution in [2.45, 2.75) is 71.8 Å². The molecule has 2 rings (SSSR count). The molecule has 9 nitrogen and oxygen atoms in total. The number of nitrogen functional groups attached to an aromatic ring is 2. The number of carbonyl (C=O) groups is 3. The van der Waals surface area contributed by atoms with Gasteiger partial charge in [0.1, 0.15) is 5.60 Å². The van der Waals surface area contributed by atoms with Crippen LogP contribution in [0.3, 0.4) is 0 Å². The fraction of sp³-hybridized carbons (Fsp3) is 0.423. The number of rotatable bonds is 10. The van der Waals surface area contributed by atoms with Crippen LogP contribution >= 0.6 is 0 Å². The molecule has 6 N–H and O–H groups in total. The second-order valence-electron chi connectivity index (χ2n) is 9.33. The summed E-state index contributed by atoms with van der Waals surface area (Å²) in [5.74, 6) is -0.774. The van der Waals surface area contributed by atoms with Crippen LogP contribution in [0.5, 0.6) is 5.75 Å². The highest BCUT2D eigenvalue weighted by Gasteiger charge is 2.20. The van der Waals surface area contributed by atoms with E-state index >= 15 is 0 Å². The quantitative estimate of drug-likeness (QED) is 0.146. The molecular weight excluding hydrogens is 448 g/mol. The molecule has 0 saturated carbocycles. The first kappa shape index (κ1) is 27.5. The van der Waals surface area contributed by atoms with E-state index < -0.39 is 17.7 Å². The lowest BCUT2D eigenvalue weighted by atomic mass is 10.1. The average Bonchev–Trinajstić information content (AvgIpc) is 2.73. The fourth-order valence-electron chi connectivity index (χ4n) is 3.27. The van der Waals surface area contributed by atoms with E-state index in [0.29, 0.717) is 23.5 Å². The van der Waals surface area contributed by atoms with E-state index in [2.05, 4.69) is 17.6 Å². The topological polar surface area (TPSA) is 146 Å². The van der Waals surface area contributed by atoms with E-state index in [9.17, 15) is 14.4 Å². The molecule has 190 valence electrons. The second kappa shape index (κ2) is 12.6. The van der Waals surface area contributed by atoms with Crippen LogP contribution in [-0.4, -0.2) is 23.6 Å². The minimum atomic E-state index is -0.734. The van der Waals surface area contributed by atoms with Gasteiger partial charge in [-0.2, -0.15) is 0 Å². The highest BCUT2D eigenvalue weighted by atomic mass is 16.6. The summed E-state index contributed by atoms with van der Waals surface area (Å²) in [4.78, 5) is 37.4. The van der Waals surface area contributed by atoms with E-state index in [1.165, 1.54) is 30.3 Å². The first-order valence-electron chi connectivity index (χ1n) is 11.8. The van der Waals surface area contributed by atoms with Crippen LogP contribution in [0.15, 0.2) is 36.4 Å². The van der Waals surface area contributed by atoms with Gasteiger partial charge in [0.15, 0.2) is 5.75 Å². The Bertz CT molecular complexity index is 1030. The molecule has 0 aromatic heterocycles. The van der Waals surface area contributed by atoms with Gasteiger partial charge in [0.25, 0.3) is 0 Å². The van der Waals surface area contributed by atoms with E-state index in [1.807, 2.05) is 0 Å². The SMILES string of the molecule is CCCCCCCC(=O)Nc1ccc(OC(=O)c2cc(N)cc(N)c2)c(NC(=O)OC(C)(C)C)c1. The van der Waals surface area contributed by atoms with E-state index in [0.717, 1.165) is 32.1 Å². The third-order valence-electron chi connectivity index (χ3n) is 4.82. The predicted octanol–water partition coefficient (Wildman–Crippen LogP) is 5.72. The Labute approximate surface area is 206 Å². The molecule has 0 unspecified atom stereocenters. The van der Waals surface area contributed by atoms with Gasteiger partial charge in [-0.25, -0.2) is 9.59 Å². The summed E-state index contributed by atoms with van der Waals surface area (Å²) >= 11 is 0. The molecule has 2 aromatic carbocycles. The molecule has 9 heteroatoms. The number of carbonyl (C=O) groups excluding carboxylic acids is 3. The molecule has 35 heavy (non-hydrogen) atoms. The third kappa shape index (κ3) is 9.95. The number of nitrogens with one attached hydrogen (secondary N) is 2. The van der Waals surface area contributed by atoms with Crippen LogP contribution in [0, 0.1) is 0 Å². The molecule has 0 aliphatic heterocycles. The van der Waals surface area contributed by atoms with Gasteiger partial charge in [-0.3, -0.25) is 10.1 Å². The van der Waals surface area contributed by atoms with Crippen molar-refractivity contribution in [3.05, 3.63) is 42.0 Å². The van der Waals surface area contributed by atoms with Crippen molar-refractivity contribution in [1.29, 1.82) is 0 Å². The highest BCUT2D eigenvalue weighted by Crippen LogP contribution is 2.30. The number of ether oxygens (including phenoxy) is 2. The molecule has 0 saturated heterocycles. The van der Waals surface area contributed by atoms with Crippen molar-refractivity contribution in [2.75, 3.05) is 22.1 Å². The molecule has 0 aliphatic carbocycles. The Morgan fingerprint density at radius 3 is 2.17 bits per heavy atom. The van der Waals surface area contributed by atoms with E-state index in [4.69, 9.17) is 20.9 Å². The maximum atomic E-state index is 12.7. The Balaban J connectivity index is 2.19. The van der Waals surface area contributed by atoms with Crippen molar-refractivity contribution in [3.8, 4) is 5.75 Å². The molecular formula is C26H36N4O5. The number of unbranched alkanes of at least 4 members (excludes halogenated alkanes) is 4. The van der Waals surface area contributed by atoms with Gasteiger partial charge in [-0.15, -0.1) is 0 Å². The molecule has 0 atom stereocenters. The second-order valence-corrected chi connectivity index (χ2v) is 9.33. The van der Waals surface area contributed by atoms with E-state index in [1.54, 1.807) is 26.8 Å². The maximum absolute atomic E-state index is 12.7. The normalized spacial score (nSPS) is 11.0. The summed E-state index contributed by atoms with van der Waals surface area (Å²) in [5.41, 5.74) is 12.2. The van der Waals surface area contributed by atoms with Gasteiger partial charge in [-0.1, -0.05) is 32.6 Å². The molecule has 0 spiro atoms. The largest absolute Gasteiger partial charge is 0.444 e. The minimum absolute atomic E-state index is 0.0689. The number of anilines is 4. The first-order valence-corrected chi connectivity index (χ1v) is 11.8. The zero-order valence-electron chi connectivity index (χ0n) is 20.9. The van der Waals surface area contributed by atoms with Gasteiger partial charge in [0, 0.05) is 23.5 Å². The zero-order valence-corrected chi connectivity index (χ0v) is 20.9. The van der Waals surface area contributed by atoms with Crippen LogP contribution in [0.25, 0.3) is 0 Å². The Morgan fingerprint density at radius 1 is 0.886 bits per heavy atom. The summed E-state index contributed by atoms with van der Waals surface area (Å²) in [6, 6.07) is 8.98. The monoisotopic (exact) mass is 484 g/mol. The lowest BCUT2D eigenvalue weighted by molar-refractivity contribution is -0.116. The smallest absolute Gasteiger partial charge is 0.412 e. The molecule has 2 amide bonds. The molecule has 0 bridgehead atoms. The molecule has 2 aromatic rings. The van der Waals surface area contributed by atoms with Gasteiger partial charge < -0.3 is 26.3 Å². The van der Waals surface area contributed by atoms with Crippen LogP contribution in [0.4, 0.5) is 27.5 Å². The number of benzene rings is 2. The van der Waals surface area contributed by atoms with Crippen molar-refractivity contribution in [2.24, 2.45) is 0 Å². The average molecular weight is 485 g/mol. The van der Waals surface area contributed by atoms with Gasteiger partial charge in [-0.05, 0) is 63.6 Å². The molecule has 0 fully saturated rings. The fourth-order valence-corrected chi connectivity index (χ4v) is 3.27. The molecule has 0 radical (unpaired) electrons. The molecule has 0 heterocycles. The maximum Gasteiger partial charge on any atom is 0.412 e. The summed E-state index contributed by atoms with van der Waals surface area (Å²) in [5, 5.41) is 5.40. The number of esters is 1. The summed E-state index contributed by atoms with van der Waals surface area (Å²) in [7, 11) is 0. The number of hydrogen-bond acceptors (Lipinski definition) is 7. The Morgan fingerprint density at radius 2 is 1.54 bits per heavy atom. The Hall–Kier alpha value is -3.75. The highest BCUT2D eigenvalue weighted by molar-refractivity contribution is 5.96. The van der Waals surface area contributed by atoms with Crippen molar-refractivity contribution in [1.82, 2.24) is 0 Å². The lowest BCUT2D eigenvalue weighted by Crippen LogP contribution is -2.27. The minimum Gasteiger partial charge on any atom is -0.444 e. The van der Waals surface area contributed by atoms with Crippen molar-refractivity contribution >= 4 is 40.7 Å². The van der Waals surface area contributed by atoms with Crippen molar-refractivity contribution < 1.29 is 23.9 Å². The van der Waals surface area contributed by atoms with Crippen LogP contribution in [0.2, 0.25) is 0 Å². The molecule has 0 aliphatic rings. The number of amides is 2. The van der Waals surface area contributed by atoms with Crippen LogP contribution in [0.1, 0.15) is 76.6 Å². The first-order chi connectivity index (χ1) is 16.5. The standard InChI is InChI=1S/C26H36N4O5/c1-5-6-7-8-9-10-23(31)29-20-11-12-22(21(16-20)30-25(33)35-26(2,3)4)34-24(32)17-13-18(27)15-19(28)14-17/h11-16H,5-10,27-28H2,1-4H3,(H,29,31)(H,30,33).